The maximum atomic E-state index is 12.7. The Balaban J connectivity index is 1.30. The highest BCUT2D eigenvalue weighted by Crippen LogP contribution is 2.33. The zero-order valence-corrected chi connectivity index (χ0v) is 19.4. The third-order valence-corrected chi connectivity index (χ3v) is 7.49. The molecule has 0 bridgehead atoms. The number of hydrogen-bond donors (Lipinski definition) is 1. The van der Waals surface area contributed by atoms with Crippen molar-refractivity contribution in [1.29, 1.82) is 0 Å². The van der Waals surface area contributed by atoms with Crippen LogP contribution < -0.4 is 15.0 Å². The Morgan fingerprint density at radius 3 is 2.78 bits per heavy atom. The van der Waals surface area contributed by atoms with E-state index in [-0.39, 0.29) is 30.7 Å². The van der Waals surface area contributed by atoms with E-state index in [4.69, 9.17) is 4.74 Å². The molecule has 11 heteroatoms. The van der Waals surface area contributed by atoms with Crippen LogP contribution in [0, 0.1) is 5.92 Å². The van der Waals surface area contributed by atoms with Gasteiger partial charge in [0.25, 0.3) is 0 Å². The van der Waals surface area contributed by atoms with Crippen molar-refractivity contribution in [3.05, 3.63) is 24.3 Å². The van der Waals surface area contributed by atoms with Gasteiger partial charge < -0.3 is 19.9 Å². The molecule has 0 unspecified atom stereocenters. The minimum atomic E-state index is -0.493. The van der Waals surface area contributed by atoms with Crippen LogP contribution in [0.25, 0.3) is 0 Å². The molecule has 0 radical (unpaired) electrons. The van der Waals surface area contributed by atoms with E-state index < -0.39 is 5.92 Å². The van der Waals surface area contributed by atoms with Crippen LogP contribution in [0.4, 0.5) is 10.8 Å². The largest absolute Gasteiger partial charge is 0.495 e. The molecule has 4 rings (SSSR count). The molecule has 3 heterocycles. The zero-order valence-electron chi connectivity index (χ0n) is 17.8. The van der Waals surface area contributed by atoms with Crippen LogP contribution in [0.3, 0.4) is 0 Å². The lowest BCUT2D eigenvalue weighted by molar-refractivity contribution is -0.129. The van der Waals surface area contributed by atoms with E-state index in [1.165, 1.54) is 29.5 Å². The molecule has 9 nitrogen and oxygen atoms in total. The molecule has 1 atom stereocenters. The fourth-order valence-electron chi connectivity index (χ4n) is 3.85. The van der Waals surface area contributed by atoms with E-state index in [9.17, 15) is 14.4 Å². The van der Waals surface area contributed by atoms with Crippen LogP contribution in [0.1, 0.15) is 25.7 Å². The Kier molecular flexibility index (Phi) is 7.26. The topological polar surface area (TPSA) is 105 Å². The number of benzene rings is 1. The normalized spacial score (nSPS) is 18.7. The Morgan fingerprint density at radius 1 is 1.22 bits per heavy atom. The molecule has 2 aromatic rings. The number of thioether (sulfide) groups is 1. The summed E-state index contributed by atoms with van der Waals surface area (Å²) in [6.45, 7) is 1.92. The SMILES string of the molecule is COc1ccccc1N1C[C@@H](C(=O)Nc2nnc(SCC(=O)N3CCCCC3)s2)CC1=O. The van der Waals surface area contributed by atoms with Gasteiger partial charge in [0.15, 0.2) is 4.34 Å². The molecule has 0 spiro atoms. The summed E-state index contributed by atoms with van der Waals surface area (Å²) >= 11 is 2.56. The fourth-order valence-corrected chi connectivity index (χ4v) is 5.51. The fraction of sp³-hybridized carbons (Fsp3) is 0.476. The third kappa shape index (κ3) is 5.21. The second-order valence-electron chi connectivity index (χ2n) is 7.67. The van der Waals surface area contributed by atoms with Gasteiger partial charge in [-0.3, -0.25) is 14.4 Å². The predicted octanol–water partition coefficient (Wildman–Crippen LogP) is 2.64. The number of likely N-dealkylation sites (tertiary alicyclic amines) is 1. The van der Waals surface area contributed by atoms with Crippen molar-refractivity contribution in [3.8, 4) is 5.75 Å². The highest BCUT2D eigenvalue weighted by Gasteiger charge is 2.36. The summed E-state index contributed by atoms with van der Waals surface area (Å²) in [5, 5.41) is 11.2. The molecular weight excluding hydrogens is 450 g/mol. The average molecular weight is 476 g/mol. The lowest BCUT2D eigenvalue weighted by atomic mass is 10.1. The first kappa shape index (κ1) is 22.5. The number of nitrogens with one attached hydrogen (secondary N) is 1. The van der Waals surface area contributed by atoms with Gasteiger partial charge >= 0.3 is 0 Å². The number of carbonyl (C=O) groups is 3. The first-order valence-corrected chi connectivity index (χ1v) is 12.3. The van der Waals surface area contributed by atoms with Gasteiger partial charge in [-0.05, 0) is 31.4 Å². The van der Waals surface area contributed by atoms with E-state index in [0.717, 1.165) is 25.9 Å². The van der Waals surface area contributed by atoms with Crippen molar-refractivity contribution in [2.24, 2.45) is 5.92 Å². The van der Waals surface area contributed by atoms with Gasteiger partial charge in [-0.2, -0.15) is 0 Å². The standard InChI is InChI=1S/C21H25N5O4S2/c1-30-16-8-4-3-7-15(16)26-12-14(11-17(26)27)19(29)22-20-23-24-21(32-20)31-13-18(28)25-9-5-2-6-10-25/h3-4,7-8,14H,2,5-6,9-13H2,1H3,(H,22,23,29)/t14-/m0/s1. The minimum absolute atomic E-state index is 0.108. The summed E-state index contributed by atoms with van der Waals surface area (Å²) in [5.74, 6) is 0.122. The Labute approximate surface area is 194 Å². The van der Waals surface area contributed by atoms with Gasteiger partial charge in [-0.25, -0.2) is 0 Å². The van der Waals surface area contributed by atoms with Crippen molar-refractivity contribution in [2.45, 2.75) is 30.0 Å². The highest BCUT2D eigenvalue weighted by atomic mass is 32.2. The molecule has 170 valence electrons. The van der Waals surface area contributed by atoms with Gasteiger partial charge in [0.1, 0.15) is 5.75 Å². The number of anilines is 2. The summed E-state index contributed by atoms with van der Waals surface area (Å²) in [4.78, 5) is 41.0. The predicted molar refractivity (Wildman–Crippen MR) is 123 cm³/mol. The summed E-state index contributed by atoms with van der Waals surface area (Å²) in [7, 11) is 1.55. The van der Waals surface area contributed by atoms with E-state index in [2.05, 4.69) is 15.5 Å². The maximum Gasteiger partial charge on any atom is 0.233 e. The van der Waals surface area contributed by atoms with Crippen LogP contribution in [-0.4, -0.2) is 65.3 Å². The maximum absolute atomic E-state index is 12.7. The van der Waals surface area contributed by atoms with Crippen molar-refractivity contribution in [3.63, 3.8) is 0 Å². The minimum Gasteiger partial charge on any atom is -0.495 e. The number of methoxy groups -OCH3 is 1. The number of nitrogens with zero attached hydrogens (tertiary/aromatic N) is 4. The number of para-hydroxylation sites is 2. The second-order valence-corrected chi connectivity index (χ2v) is 9.87. The molecular formula is C21H25N5O4S2. The molecule has 2 aliphatic rings. The lowest BCUT2D eigenvalue weighted by Crippen LogP contribution is -2.36. The molecule has 2 saturated heterocycles. The smallest absolute Gasteiger partial charge is 0.233 e. The molecule has 0 aliphatic carbocycles. The number of carbonyl (C=O) groups excluding carboxylic acids is 3. The molecule has 2 aliphatic heterocycles. The number of ether oxygens (including phenoxy) is 1. The van der Waals surface area contributed by atoms with Gasteiger partial charge in [0.2, 0.25) is 22.9 Å². The number of amides is 3. The second kappa shape index (κ2) is 10.3. The van der Waals surface area contributed by atoms with Crippen molar-refractivity contribution < 1.29 is 19.1 Å². The third-order valence-electron chi connectivity index (χ3n) is 5.54. The van der Waals surface area contributed by atoms with Crippen molar-refractivity contribution >= 4 is 51.6 Å². The first-order valence-electron chi connectivity index (χ1n) is 10.5. The number of aromatic nitrogens is 2. The van der Waals surface area contributed by atoms with Gasteiger partial charge in [-0.15, -0.1) is 10.2 Å². The molecule has 1 aromatic heterocycles. The van der Waals surface area contributed by atoms with Gasteiger partial charge in [-0.1, -0.05) is 35.2 Å². The molecule has 0 saturated carbocycles. The summed E-state index contributed by atoms with van der Waals surface area (Å²) in [6, 6.07) is 7.25. The van der Waals surface area contributed by atoms with Gasteiger partial charge in [0.05, 0.1) is 24.5 Å². The Bertz CT molecular complexity index is 992. The van der Waals surface area contributed by atoms with Crippen LogP contribution >= 0.6 is 23.1 Å². The number of rotatable bonds is 7. The Morgan fingerprint density at radius 2 is 2.00 bits per heavy atom. The highest BCUT2D eigenvalue weighted by molar-refractivity contribution is 8.01. The Hall–Kier alpha value is -2.66. The molecule has 32 heavy (non-hydrogen) atoms. The van der Waals surface area contributed by atoms with Crippen molar-refractivity contribution in [2.75, 3.05) is 42.7 Å². The quantitative estimate of drug-likeness (QED) is 0.485. The molecule has 1 N–H and O–H groups in total. The van der Waals surface area contributed by atoms with Crippen LogP contribution in [0.15, 0.2) is 28.6 Å². The van der Waals surface area contributed by atoms with Crippen LogP contribution in [0.5, 0.6) is 5.75 Å². The van der Waals surface area contributed by atoms with E-state index in [1.54, 1.807) is 24.1 Å². The van der Waals surface area contributed by atoms with Crippen LogP contribution in [0.2, 0.25) is 0 Å². The van der Waals surface area contributed by atoms with E-state index in [1.807, 2.05) is 17.0 Å². The average Bonchev–Trinajstić information content (AvgIpc) is 3.44. The van der Waals surface area contributed by atoms with Gasteiger partial charge in [0, 0.05) is 26.1 Å². The first-order chi connectivity index (χ1) is 15.5. The van der Waals surface area contributed by atoms with Crippen LogP contribution in [-0.2, 0) is 14.4 Å². The van der Waals surface area contributed by atoms with E-state index in [0.29, 0.717) is 26.7 Å². The monoisotopic (exact) mass is 475 g/mol. The number of hydrogen-bond acceptors (Lipinski definition) is 8. The summed E-state index contributed by atoms with van der Waals surface area (Å²) < 4.78 is 5.97. The van der Waals surface area contributed by atoms with Crippen molar-refractivity contribution in [1.82, 2.24) is 15.1 Å². The zero-order chi connectivity index (χ0) is 22.5. The number of piperidine rings is 1. The summed E-state index contributed by atoms with van der Waals surface area (Å²) in [6.07, 6.45) is 3.42. The molecule has 1 aromatic carbocycles. The lowest BCUT2D eigenvalue weighted by Gasteiger charge is -2.26. The molecule has 3 amide bonds. The molecule has 2 fully saturated rings. The summed E-state index contributed by atoms with van der Waals surface area (Å²) in [5.41, 5.74) is 0.656. The van der Waals surface area contributed by atoms with E-state index >= 15 is 0 Å².